The van der Waals surface area contributed by atoms with Crippen molar-refractivity contribution in [3.63, 3.8) is 0 Å². The molecule has 4 aromatic rings. The number of halogens is 3. The Morgan fingerprint density at radius 3 is 2.50 bits per heavy atom. The van der Waals surface area contributed by atoms with Crippen molar-refractivity contribution in [1.82, 2.24) is 19.2 Å². The standard InChI is InChI=1S/C20H17F3N4O2S/c1-2-11-26-17(28)15-5-3-4-6-16(15)27-18(26)24-25-19(27)30-12-13-7-9-14(10-8-13)29-20(21,22)23/h3-10H,2,11-12H2,1H3. The predicted molar refractivity (Wildman–Crippen MR) is 108 cm³/mol. The minimum absolute atomic E-state index is 0.107. The minimum Gasteiger partial charge on any atom is -0.406 e. The van der Waals surface area contributed by atoms with Crippen LogP contribution in [0.4, 0.5) is 13.2 Å². The second-order valence-electron chi connectivity index (χ2n) is 6.57. The number of aryl methyl sites for hydroxylation is 1. The molecule has 2 heterocycles. The van der Waals surface area contributed by atoms with Crippen LogP contribution in [-0.4, -0.2) is 25.5 Å². The molecule has 10 heteroatoms. The number of hydrogen-bond acceptors (Lipinski definition) is 5. The van der Waals surface area contributed by atoms with E-state index in [1.54, 1.807) is 22.8 Å². The average Bonchev–Trinajstić information content (AvgIpc) is 3.13. The molecule has 0 atom stereocenters. The van der Waals surface area contributed by atoms with Gasteiger partial charge in [-0.2, -0.15) is 0 Å². The summed E-state index contributed by atoms with van der Waals surface area (Å²) >= 11 is 1.39. The van der Waals surface area contributed by atoms with Gasteiger partial charge in [-0.25, -0.2) is 0 Å². The van der Waals surface area contributed by atoms with Crippen LogP contribution in [0.3, 0.4) is 0 Å². The lowest BCUT2D eigenvalue weighted by Crippen LogP contribution is -2.23. The largest absolute Gasteiger partial charge is 0.573 e. The number of rotatable bonds is 6. The third-order valence-electron chi connectivity index (χ3n) is 4.45. The van der Waals surface area contributed by atoms with Crippen LogP contribution in [0.2, 0.25) is 0 Å². The molecule has 4 rings (SSSR count). The first-order valence-electron chi connectivity index (χ1n) is 9.21. The van der Waals surface area contributed by atoms with E-state index in [9.17, 15) is 18.0 Å². The first-order chi connectivity index (χ1) is 14.4. The van der Waals surface area contributed by atoms with Crippen molar-refractivity contribution in [2.24, 2.45) is 0 Å². The van der Waals surface area contributed by atoms with Crippen LogP contribution in [0.25, 0.3) is 16.7 Å². The van der Waals surface area contributed by atoms with Gasteiger partial charge in [0.1, 0.15) is 5.75 Å². The van der Waals surface area contributed by atoms with E-state index < -0.39 is 6.36 Å². The maximum absolute atomic E-state index is 12.8. The Labute approximate surface area is 173 Å². The van der Waals surface area contributed by atoms with E-state index in [2.05, 4.69) is 14.9 Å². The molecule has 156 valence electrons. The first kappa shape index (κ1) is 20.3. The van der Waals surface area contributed by atoms with Crippen molar-refractivity contribution in [3.05, 3.63) is 64.4 Å². The smallest absolute Gasteiger partial charge is 0.406 e. The van der Waals surface area contributed by atoms with Gasteiger partial charge in [0, 0.05) is 12.3 Å². The lowest BCUT2D eigenvalue weighted by Gasteiger charge is -2.10. The third-order valence-corrected chi connectivity index (χ3v) is 5.45. The van der Waals surface area contributed by atoms with Crippen LogP contribution in [0.15, 0.2) is 58.5 Å². The number of para-hydroxylation sites is 1. The van der Waals surface area contributed by atoms with Gasteiger partial charge in [0.25, 0.3) is 5.56 Å². The number of nitrogens with zero attached hydrogens (tertiary/aromatic N) is 4. The lowest BCUT2D eigenvalue weighted by molar-refractivity contribution is -0.274. The summed E-state index contributed by atoms with van der Waals surface area (Å²) in [7, 11) is 0. The van der Waals surface area contributed by atoms with Crippen molar-refractivity contribution in [1.29, 1.82) is 0 Å². The molecule has 0 aliphatic carbocycles. The van der Waals surface area contributed by atoms with Gasteiger partial charge in [-0.3, -0.25) is 13.8 Å². The van der Waals surface area contributed by atoms with Gasteiger partial charge in [0.2, 0.25) is 5.78 Å². The lowest BCUT2D eigenvalue weighted by atomic mass is 10.2. The summed E-state index contributed by atoms with van der Waals surface area (Å²) in [6.07, 6.45) is -3.94. The number of hydrogen-bond donors (Lipinski definition) is 0. The van der Waals surface area contributed by atoms with Crippen LogP contribution in [0.1, 0.15) is 18.9 Å². The van der Waals surface area contributed by atoms with Gasteiger partial charge in [0.05, 0.1) is 10.9 Å². The van der Waals surface area contributed by atoms with E-state index in [1.165, 1.54) is 23.9 Å². The number of aromatic nitrogens is 4. The molecule has 0 radical (unpaired) electrons. The second-order valence-corrected chi connectivity index (χ2v) is 7.51. The zero-order chi connectivity index (χ0) is 21.3. The van der Waals surface area contributed by atoms with E-state index >= 15 is 0 Å². The van der Waals surface area contributed by atoms with E-state index in [1.807, 2.05) is 29.5 Å². The highest BCUT2D eigenvalue weighted by Crippen LogP contribution is 2.27. The molecule has 0 amide bonds. The normalized spacial score (nSPS) is 12.0. The SMILES string of the molecule is CCCn1c(=O)c2ccccc2n2c(SCc3ccc(OC(F)(F)F)cc3)nnc12. The summed E-state index contributed by atoms with van der Waals surface area (Å²) in [6, 6.07) is 13.0. The number of fused-ring (bicyclic) bond motifs is 3. The van der Waals surface area contributed by atoms with Crippen molar-refractivity contribution >= 4 is 28.4 Å². The van der Waals surface area contributed by atoms with Crippen molar-refractivity contribution in [3.8, 4) is 5.75 Å². The molecule has 2 aromatic carbocycles. The molecule has 0 saturated heterocycles. The fraction of sp³-hybridized carbons (Fsp3) is 0.250. The molecular weight excluding hydrogens is 417 g/mol. The van der Waals surface area contributed by atoms with Gasteiger partial charge in [0.15, 0.2) is 5.16 Å². The molecule has 30 heavy (non-hydrogen) atoms. The topological polar surface area (TPSA) is 61.4 Å². The highest BCUT2D eigenvalue weighted by Gasteiger charge is 2.30. The molecule has 0 bridgehead atoms. The van der Waals surface area contributed by atoms with Crippen LogP contribution >= 0.6 is 11.8 Å². The summed E-state index contributed by atoms with van der Waals surface area (Å²) in [5, 5.41) is 9.65. The van der Waals surface area contributed by atoms with Crippen molar-refractivity contribution < 1.29 is 17.9 Å². The summed E-state index contributed by atoms with van der Waals surface area (Å²) in [5.74, 6) is 0.671. The molecule has 0 spiro atoms. The van der Waals surface area contributed by atoms with E-state index in [4.69, 9.17) is 0 Å². The van der Waals surface area contributed by atoms with Gasteiger partial charge in [-0.15, -0.1) is 23.4 Å². The second kappa shape index (κ2) is 8.02. The number of thioether (sulfide) groups is 1. The number of ether oxygens (including phenoxy) is 1. The van der Waals surface area contributed by atoms with E-state index in [0.29, 0.717) is 34.1 Å². The fourth-order valence-corrected chi connectivity index (χ4v) is 4.08. The molecule has 0 aliphatic rings. The van der Waals surface area contributed by atoms with Crippen LogP contribution in [-0.2, 0) is 12.3 Å². The third kappa shape index (κ3) is 4.00. The zero-order valence-corrected chi connectivity index (χ0v) is 16.7. The Balaban J connectivity index is 1.66. The zero-order valence-electron chi connectivity index (χ0n) is 15.9. The Kier molecular flexibility index (Phi) is 5.42. The summed E-state index contributed by atoms with van der Waals surface area (Å²) in [6.45, 7) is 2.51. The fourth-order valence-electron chi connectivity index (χ4n) is 3.19. The maximum Gasteiger partial charge on any atom is 0.573 e. The average molecular weight is 434 g/mol. The highest BCUT2D eigenvalue weighted by atomic mass is 32.2. The quantitative estimate of drug-likeness (QED) is 0.414. The minimum atomic E-state index is -4.72. The molecule has 6 nitrogen and oxygen atoms in total. The maximum atomic E-state index is 12.8. The van der Waals surface area contributed by atoms with Gasteiger partial charge in [-0.1, -0.05) is 43.0 Å². The van der Waals surface area contributed by atoms with E-state index in [0.717, 1.165) is 12.0 Å². The van der Waals surface area contributed by atoms with Gasteiger partial charge in [-0.05, 0) is 36.2 Å². The first-order valence-corrected chi connectivity index (χ1v) is 10.2. The summed E-state index contributed by atoms with van der Waals surface area (Å²) in [4.78, 5) is 12.8. The number of benzene rings is 2. The van der Waals surface area contributed by atoms with Crippen LogP contribution in [0, 0.1) is 0 Å². The van der Waals surface area contributed by atoms with Crippen LogP contribution < -0.4 is 10.3 Å². The molecule has 0 N–H and O–H groups in total. The predicted octanol–water partition coefficient (Wildman–Crippen LogP) is 4.65. The van der Waals surface area contributed by atoms with Crippen molar-refractivity contribution in [2.75, 3.05) is 0 Å². The molecule has 2 aromatic heterocycles. The Bertz CT molecular complexity index is 1250. The molecule has 0 aliphatic heterocycles. The highest BCUT2D eigenvalue weighted by molar-refractivity contribution is 7.98. The van der Waals surface area contributed by atoms with Crippen molar-refractivity contribution in [2.45, 2.75) is 37.2 Å². The molecule has 0 unspecified atom stereocenters. The number of alkyl halides is 3. The Morgan fingerprint density at radius 1 is 1.07 bits per heavy atom. The molecule has 0 fully saturated rings. The van der Waals surface area contributed by atoms with Crippen LogP contribution in [0.5, 0.6) is 5.75 Å². The molecule has 0 saturated carbocycles. The monoisotopic (exact) mass is 434 g/mol. The van der Waals surface area contributed by atoms with E-state index in [-0.39, 0.29) is 11.3 Å². The summed E-state index contributed by atoms with van der Waals surface area (Å²) < 4.78 is 44.3. The Hall–Kier alpha value is -3.01. The Morgan fingerprint density at radius 2 is 1.80 bits per heavy atom. The molecular formula is C20H17F3N4O2S. The summed E-state index contributed by atoms with van der Waals surface area (Å²) in [5.41, 5.74) is 1.41. The van der Waals surface area contributed by atoms with Gasteiger partial charge < -0.3 is 4.74 Å². The van der Waals surface area contributed by atoms with Gasteiger partial charge >= 0.3 is 6.36 Å².